The lowest BCUT2D eigenvalue weighted by Crippen LogP contribution is -2.60. The third-order valence-electron chi connectivity index (χ3n) is 4.89. The van der Waals surface area contributed by atoms with E-state index < -0.39 is 11.7 Å². The smallest absolute Gasteiger partial charge is 0.216 e. The van der Waals surface area contributed by atoms with Gasteiger partial charge in [-0.1, -0.05) is 18.5 Å². The SMILES string of the molecule is COc1cc(OC)c2c(c1Cl)O[C@]1(C2=O)C(OC)CC(=O)C[C@H]1C. The Hall–Kier alpha value is -1.79. The molecule has 1 spiro atoms. The second-order valence-electron chi connectivity index (χ2n) is 6.10. The topological polar surface area (TPSA) is 71.1 Å². The van der Waals surface area contributed by atoms with Crippen LogP contribution in [-0.4, -0.2) is 44.6 Å². The van der Waals surface area contributed by atoms with Crippen molar-refractivity contribution >= 4 is 23.2 Å². The molecule has 0 saturated heterocycles. The molecule has 1 fully saturated rings. The van der Waals surface area contributed by atoms with Crippen LogP contribution in [0.2, 0.25) is 5.02 Å². The molecule has 0 bridgehead atoms. The number of hydrogen-bond acceptors (Lipinski definition) is 6. The molecular formula is C17H19ClO6. The Morgan fingerprint density at radius 2 is 1.83 bits per heavy atom. The summed E-state index contributed by atoms with van der Waals surface area (Å²) in [7, 11) is 4.40. The second-order valence-corrected chi connectivity index (χ2v) is 6.47. The number of hydrogen-bond donors (Lipinski definition) is 0. The summed E-state index contributed by atoms with van der Waals surface area (Å²) in [5.74, 6) is 0.322. The van der Waals surface area contributed by atoms with Gasteiger partial charge in [-0.2, -0.15) is 0 Å². The van der Waals surface area contributed by atoms with E-state index in [9.17, 15) is 9.59 Å². The number of carbonyl (C=O) groups excluding carboxylic acids is 2. The first kappa shape index (κ1) is 17.0. The average molecular weight is 355 g/mol. The van der Waals surface area contributed by atoms with Crippen molar-refractivity contribution in [3.63, 3.8) is 0 Å². The van der Waals surface area contributed by atoms with Gasteiger partial charge in [0.2, 0.25) is 11.4 Å². The van der Waals surface area contributed by atoms with E-state index in [0.717, 1.165) is 0 Å². The lowest BCUT2D eigenvalue weighted by molar-refractivity contribution is -0.139. The number of rotatable bonds is 3. The first-order valence-corrected chi connectivity index (χ1v) is 8.01. The summed E-state index contributed by atoms with van der Waals surface area (Å²) < 4.78 is 22.1. The first-order chi connectivity index (χ1) is 11.4. The van der Waals surface area contributed by atoms with Gasteiger partial charge in [-0.25, -0.2) is 0 Å². The van der Waals surface area contributed by atoms with Crippen LogP contribution >= 0.6 is 11.6 Å². The number of ketones is 2. The Labute approximate surface area is 145 Å². The minimum absolute atomic E-state index is 0.0444. The van der Waals surface area contributed by atoms with E-state index in [2.05, 4.69) is 0 Å². The molecule has 0 amide bonds. The fourth-order valence-electron chi connectivity index (χ4n) is 3.67. The van der Waals surface area contributed by atoms with E-state index in [0.29, 0.717) is 11.5 Å². The number of Topliss-reactive ketones (excluding diaryl/α,β-unsaturated/α-hetero) is 2. The van der Waals surface area contributed by atoms with Crippen molar-refractivity contribution in [3.05, 3.63) is 16.7 Å². The predicted octanol–water partition coefficient (Wildman–Crippen LogP) is 2.69. The Morgan fingerprint density at radius 1 is 1.17 bits per heavy atom. The molecule has 1 heterocycles. The van der Waals surface area contributed by atoms with Gasteiger partial charge in [0, 0.05) is 31.9 Å². The molecule has 3 atom stereocenters. The molecule has 130 valence electrons. The summed E-state index contributed by atoms with van der Waals surface area (Å²) in [5, 5.41) is 0.206. The molecule has 6 nitrogen and oxygen atoms in total. The van der Waals surface area contributed by atoms with Crippen LogP contribution in [0.25, 0.3) is 0 Å². The van der Waals surface area contributed by atoms with Crippen molar-refractivity contribution in [3.8, 4) is 17.2 Å². The van der Waals surface area contributed by atoms with E-state index in [1.807, 2.05) is 6.92 Å². The largest absolute Gasteiger partial charge is 0.496 e. The number of ether oxygens (including phenoxy) is 4. The van der Waals surface area contributed by atoms with Crippen LogP contribution in [0.4, 0.5) is 0 Å². The van der Waals surface area contributed by atoms with Gasteiger partial charge in [0.05, 0.1) is 14.2 Å². The maximum Gasteiger partial charge on any atom is 0.216 e. The minimum atomic E-state index is -1.28. The summed E-state index contributed by atoms with van der Waals surface area (Å²) in [4.78, 5) is 25.2. The van der Waals surface area contributed by atoms with Gasteiger partial charge in [0.15, 0.2) is 5.75 Å². The highest BCUT2D eigenvalue weighted by Gasteiger charge is 2.61. The normalized spacial score (nSPS) is 28.7. The van der Waals surface area contributed by atoms with Gasteiger partial charge in [0.1, 0.15) is 34.0 Å². The van der Waals surface area contributed by atoms with E-state index >= 15 is 0 Å². The van der Waals surface area contributed by atoms with Gasteiger partial charge in [-0.15, -0.1) is 0 Å². The molecule has 1 aromatic rings. The molecule has 1 aliphatic heterocycles. The first-order valence-electron chi connectivity index (χ1n) is 7.63. The zero-order chi connectivity index (χ0) is 17.6. The number of halogens is 1. The molecule has 1 aromatic carbocycles. The van der Waals surface area contributed by atoms with Gasteiger partial charge in [-0.05, 0) is 0 Å². The van der Waals surface area contributed by atoms with Crippen molar-refractivity contribution < 1.29 is 28.5 Å². The molecular weight excluding hydrogens is 336 g/mol. The van der Waals surface area contributed by atoms with Crippen molar-refractivity contribution in [1.29, 1.82) is 0 Å². The number of fused-ring (bicyclic) bond motifs is 1. The monoisotopic (exact) mass is 354 g/mol. The molecule has 1 saturated carbocycles. The van der Waals surface area contributed by atoms with E-state index in [4.69, 9.17) is 30.5 Å². The number of methoxy groups -OCH3 is 3. The van der Waals surface area contributed by atoms with Crippen LogP contribution in [-0.2, 0) is 9.53 Å². The standard InChI is InChI=1S/C17H19ClO6/c1-8-5-9(19)6-12(23-4)17(8)16(20)13-10(21-2)7-11(22-3)14(18)15(13)24-17/h7-8,12H,5-6H2,1-4H3/t8-,12?,17+/m1/s1. The summed E-state index contributed by atoms with van der Waals surface area (Å²) in [6, 6.07) is 1.56. The number of carbonyl (C=O) groups is 2. The number of benzene rings is 1. The Kier molecular flexibility index (Phi) is 4.21. The van der Waals surface area contributed by atoms with Crippen molar-refractivity contribution in [2.45, 2.75) is 31.5 Å². The highest BCUT2D eigenvalue weighted by atomic mass is 35.5. The molecule has 7 heteroatoms. The van der Waals surface area contributed by atoms with Crippen LogP contribution in [0.1, 0.15) is 30.1 Å². The lowest BCUT2D eigenvalue weighted by Gasteiger charge is -2.42. The van der Waals surface area contributed by atoms with Gasteiger partial charge in [0.25, 0.3) is 0 Å². The molecule has 1 unspecified atom stereocenters. The van der Waals surface area contributed by atoms with Crippen LogP contribution < -0.4 is 14.2 Å². The summed E-state index contributed by atoms with van der Waals surface area (Å²) >= 11 is 6.35. The second kappa shape index (κ2) is 5.93. The molecule has 1 aliphatic carbocycles. The van der Waals surface area contributed by atoms with Crippen LogP contribution in [0.5, 0.6) is 17.2 Å². The van der Waals surface area contributed by atoms with E-state index in [-0.39, 0.29) is 46.7 Å². The van der Waals surface area contributed by atoms with Crippen molar-refractivity contribution in [2.24, 2.45) is 5.92 Å². The Morgan fingerprint density at radius 3 is 2.42 bits per heavy atom. The van der Waals surface area contributed by atoms with Crippen molar-refractivity contribution in [2.75, 3.05) is 21.3 Å². The minimum Gasteiger partial charge on any atom is -0.496 e. The molecule has 0 radical (unpaired) electrons. The zero-order valence-electron chi connectivity index (χ0n) is 14.0. The third-order valence-corrected chi connectivity index (χ3v) is 5.24. The summed E-state index contributed by atoms with van der Waals surface area (Å²) in [6.07, 6.45) is -0.311. The van der Waals surface area contributed by atoms with Crippen LogP contribution in [0.3, 0.4) is 0 Å². The third kappa shape index (κ3) is 2.13. The highest BCUT2D eigenvalue weighted by molar-refractivity contribution is 6.35. The fraction of sp³-hybridized carbons (Fsp3) is 0.529. The van der Waals surface area contributed by atoms with E-state index in [1.54, 1.807) is 6.07 Å². The van der Waals surface area contributed by atoms with Crippen LogP contribution in [0, 0.1) is 5.92 Å². The Balaban J connectivity index is 2.20. The molecule has 0 N–H and O–H groups in total. The average Bonchev–Trinajstić information content (AvgIpc) is 2.87. The molecule has 2 aliphatic rings. The Bertz CT molecular complexity index is 716. The van der Waals surface area contributed by atoms with Crippen LogP contribution in [0.15, 0.2) is 6.07 Å². The van der Waals surface area contributed by atoms with E-state index in [1.165, 1.54) is 21.3 Å². The van der Waals surface area contributed by atoms with Gasteiger partial charge in [-0.3, -0.25) is 9.59 Å². The lowest BCUT2D eigenvalue weighted by atomic mass is 9.71. The van der Waals surface area contributed by atoms with Gasteiger partial charge >= 0.3 is 0 Å². The van der Waals surface area contributed by atoms with Crippen molar-refractivity contribution in [1.82, 2.24) is 0 Å². The zero-order valence-corrected chi connectivity index (χ0v) is 14.7. The molecule has 3 rings (SSSR count). The summed E-state index contributed by atoms with van der Waals surface area (Å²) in [5.41, 5.74) is -1.01. The molecule has 24 heavy (non-hydrogen) atoms. The molecule has 0 aromatic heterocycles. The quantitative estimate of drug-likeness (QED) is 0.831. The van der Waals surface area contributed by atoms with Gasteiger partial charge < -0.3 is 18.9 Å². The maximum absolute atomic E-state index is 13.3. The predicted molar refractivity (Wildman–Crippen MR) is 86.4 cm³/mol. The fourth-order valence-corrected chi connectivity index (χ4v) is 3.93. The maximum atomic E-state index is 13.3. The summed E-state index contributed by atoms with van der Waals surface area (Å²) in [6.45, 7) is 1.81. The highest BCUT2D eigenvalue weighted by Crippen LogP contribution is 2.54.